The van der Waals surface area contributed by atoms with Gasteiger partial charge in [-0.25, -0.2) is 4.98 Å². The Morgan fingerprint density at radius 2 is 2.27 bits per heavy atom. The van der Waals surface area contributed by atoms with Gasteiger partial charge in [0, 0.05) is 0 Å². The standard InChI is InChI=1S/C7H7N4/c1-2-6-11(10-3-1)7-8-4-5-9-7/h1-6H,(H,8,9)/q+1. The van der Waals surface area contributed by atoms with E-state index in [1.807, 2.05) is 18.3 Å². The van der Waals surface area contributed by atoms with Crippen molar-refractivity contribution in [3.63, 3.8) is 0 Å². The third kappa shape index (κ3) is 1.10. The number of hydrogen-bond donors (Lipinski definition) is 1. The third-order valence-corrected chi connectivity index (χ3v) is 1.32. The maximum absolute atomic E-state index is 4.04. The molecule has 0 fully saturated rings. The lowest BCUT2D eigenvalue weighted by molar-refractivity contribution is -0.666. The third-order valence-electron chi connectivity index (χ3n) is 1.32. The highest BCUT2D eigenvalue weighted by molar-refractivity contribution is 4.92. The van der Waals surface area contributed by atoms with Crippen LogP contribution in [0.4, 0.5) is 0 Å². The highest BCUT2D eigenvalue weighted by Crippen LogP contribution is 1.83. The lowest BCUT2D eigenvalue weighted by Crippen LogP contribution is -2.35. The van der Waals surface area contributed by atoms with Crippen molar-refractivity contribution in [1.82, 2.24) is 15.1 Å². The molecule has 0 aliphatic heterocycles. The van der Waals surface area contributed by atoms with Crippen molar-refractivity contribution in [3.8, 4) is 5.95 Å². The van der Waals surface area contributed by atoms with Gasteiger partial charge in [-0.1, -0.05) is 4.98 Å². The van der Waals surface area contributed by atoms with E-state index in [1.54, 1.807) is 23.3 Å². The lowest BCUT2D eigenvalue weighted by atomic mass is 10.6. The fourth-order valence-corrected chi connectivity index (χ4v) is 0.837. The molecule has 0 aliphatic carbocycles. The molecule has 4 heteroatoms. The van der Waals surface area contributed by atoms with Crippen molar-refractivity contribution in [2.24, 2.45) is 0 Å². The quantitative estimate of drug-likeness (QED) is 0.581. The maximum atomic E-state index is 4.04. The summed E-state index contributed by atoms with van der Waals surface area (Å²) < 4.78 is 1.67. The van der Waals surface area contributed by atoms with E-state index in [0.717, 1.165) is 5.95 Å². The zero-order chi connectivity index (χ0) is 7.52. The molecule has 2 aromatic heterocycles. The van der Waals surface area contributed by atoms with Gasteiger partial charge in [0.25, 0.3) is 0 Å². The van der Waals surface area contributed by atoms with E-state index in [4.69, 9.17) is 0 Å². The van der Waals surface area contributed by atoms with E-state index in [0.29, 0.717) is 0 Å². The van der Waals surface area contributed by atoms with E-state index in [-0.39, 0.29) is 0 Å². The monoisotopic (exact) mass is 147 g/mol. The number of aromatic amines is 1. The van der Waals surface area contributed by atoms with Crippen LogP contribution in [0.2, 0.25) is 0 Å². The van der Waals surface area contributed by atoms with Crippen LogP contribution in [0.3, 0.4) is 0 Å². The molecule has 2 heterocycles. The molecule has 0 aromatic carbocycles. The number of rotatable bonds is 1. The van der Waals surface area contributed by atoms with Crippen molar-refractivity contribution in [2.75, 3.05) is 0 Å². The van der Waals surface area contributed by atoms with Gasteiger partial charge in [0.15, 0.2) is 0 Å². The fraction of sp³-hybridized carbons (Fsp3) is 0. The van der Waals surface area contributed by atoms with Crippen LogP contribution in [0.25, 0.3) is 5.95 Å². The summed E-state index contributed by atoms with van der Waals surface area (Å²) >= 11 is 0. The minimum absolute atomic E-state index is 0.727. The van der Waals surface area contributed by atoms with Crippen molar-refractivity contribution < 1.29 is 4.68 Å². The largest absolute Gasteiger partial charge is 0.420 e. The first-order valence-corrected chi connectivity index (χ1v) is 3.29. The molecule has 2 aromatic rings. The van der Waals surface area contributed by atoms with Gasteiger partial charge in [0.1, 0.15) is 6.20 Å². The average Bonchev–Trinajstić information content (AvgIpc) is 2.58. The molecular formula is C7H7N4+. The molecule has 0 spiro atoms. The van der Waals surface area contributed by atoms with Crippen LogP contribution < -0.4 is 4.68 Å². The van der Waals surface area contributed by atoms with Crippen LogP contribution in [-0.4, -0.2) is 15.1 Å². The first-order valence-electron chi connectivity index (χ1n) is 3.29. The van der Waals surface area contributed by atoms with Gasteiger partial charge < -0.3 is 0 Å². The van der Waals surface area contributed by atoms with Gasteiger partial charge in [-0.2, -0.15) is 0 Å². The maximum Gasteiger partial charge on any atom is 0.420 e. The highest BCUT2D eigenvalue weighted by Gasteiger charge is 2.04. The van der Waals surface area contributed by atoms with Crippen molar-refractivity contribution in [2.45, 2.75) is 0 Å². The number of aromatic nitrogens is 4. The van der Waals surface area contributed by atoms with Crippen LogP contribution >= 0.6 is 0 Å². The minimum Gasteiger partial charge on any atom is -0.244 e. The Kier molecular flexibility index (Phi) is 1.37. The Labute approximate surface area is 63.5 Å². The van der Waals surface area contributed by atoms with Gasteiger partial charge in [-0.3, -0.25) is 0 Å². The molecule has 4 nitrogen and oxygen atoms in total. The van der Waals surface area contributed by atoms with Crippen LogP contribution in [-0.2, 0) is 0 Å². The summed E-state index contributed by atoms with van der Waals surface area (Å²) in [4.78, 5) is 6.97. The molecule has 0 saturated heterocycles. The van der Waals surface area contributed by atoms with Gasteiger partial charge in [0.2, 0.25) is 0 Å². The number of nitrogens with zero attached hydrogens (tertiary/aromatic N) is 3. The van der Waals surface area contributed by atoms with E-state index >= 15 is 0 Å². The minimum atomic E-state index is 0.727. The van der Waals surface area contributed by atoms with E-state index in [2.05, 4.69) is 15.1 Å². The summed E-state index contributed by atoms with van der Waals surface area (Å²) in [5.74, 6) is 0.727. The molecule has 1 N–H and O–H groups in total. The molecule has 0 unspecified atom stereocenters. The Bertz CT molecular complexity index is 313. The Balaban J connectivity index is 2.46. The second kappa shape index (κ2) is 2.49. The fourth-order valence-electron chi connectivity index (χ4n) is 0.837. The first-order chi connectivity index (χ1) is 5.47. The number of H-pyrrole nitrogens is 1. The van der Waals surface area contributed by atoms with E-state index in [1.165, 1.54) is 0 Å². The predicted octanol–water partition coefficient (Wildman–Crippen LogP) is 0.0814. The van der Waals surface area contributed by atoms with Crippen LogP contribution in [0.5, 0.6) is 0 Å². The summed E-state index contributed by atoms with van der Waals surface area (Å²) in [6.45, 7) is 0. The molecule has 0 saturated carbocycles. The zero-order valence-electron chi connectivity index (χ0n) is 5.81. The second-order valence-corrected chi connectivity index (χ2v) is 2.06. The Hall–Kier alpha value is -1.71. The molecule has 2 rings (SSSR count). The molecule has 0 atom stereocenters. The van der Waals surface area contributed by atoms with Gasteiger partial charge in [-0.15, -0.1) is 9.78 Å². The summed E-state index contributed by atoms with van der Waals surface area (Å²) in [6.07, 6.45) is 7.00. The van der Waals surface area contributed by atoms with Crippen molar-refractivity contribution in [3.05, 3.63) is 36.9 Å². The van der Waals surface area contributed by atoms with E-state index < -0.39 is 0 Å². The number of hydrogen-bond acceptors (Lipinski definition) is 2. The number of imidazole rings is 1. The van der Waals surface area contributed by atoms with Crippen molar-refractivity contribution in [1.29, 1.82) is 0 Å². The summed E-state index contributed by atoms with van der Waals surface area (Å²) in [6, 6.07) is 3.76. The highest BCUT2D eigenvalue weighted by atomic mass is 15.3. The van der Waals surface area contributed by atoms with Gasteiger partial charge >= 0.3 is 5.95 Å². The van der Waals surface area contributed by atoms with Crippen LogP contribution in [0.1, 0.15) is 0 Å². The lowest BCUT2D eigenvalue weighted by Gasteiger charge is -1.87. The molecule has 0 radical (unpaired) electrons. The summed E-state index contributed by atoms with van der Waals surface area (Å²) in [5.41, 5.74) is 0. The van der Waals surface area contributed by atoms with Gasteiger partial charge in [0.05, 0.1) is 18.6 Å². The topological polar surface area (TPSA) is 45.5 Å². The Morgan fingerprint density at radius 1 is 1.27 bits per heavy atom. The van der Waals surface area contributed by atoms with E-state index in [9.17, 15) is 0 Å². The molecule has 0 amide bonds. The molecular weight excluding hydrogens is 140 g/mol. The summed E-state index contributed by atoms with van der Waals surface area (Å²) in [5, 5.41) is 4.04. The normalized spacial score (nSPS) is 9.82. The first kappa shape index (κ1) is 6.03. The SMILES string of the molecule is c1cc[n+](-c2ncc[nH]2)nc1. The predicted molar refractivity (Wildman–Crippen MR) is 37.9 cm³/mol. The second-order valence-electron chi connectivity index (χ2n) is 2.06. The molecule has 0 aliphatic rings. The van der Waals surface area contributed by atoms with Gasteiger partial charge in [-0.05, 0) is 12.1 Å². The molecule has 54 valence electrons. The Morgan fingerprint density at radius 3 is 2.91 bits per heavy atom. The smallest absolute Gasteiger partial charge is 0.244 e. The zero-order valence-corrected chi connectivity index (χ0v) is 5.81. The van der Waals surface area contributed by atoms with Crippen molar-refractivity contribution >= 4 is 0 Å². The average molecular weight is 147 g/mol. The van der Waals surface area contributed by atoms with Crippen LogP contribution in [0.15, 0.2) is 36.9 Å². The molecule has 11 heavy (non-hydrogen) atoms. The van der Waals surface area contributed by atoms with Crippen LogP contribution in [0, 0.1) is 0 Å². The number of nitrogens with one attached hydrogen (secondary N) is 1. The molecule has 0 bridgehead atoms. The summed E-state index contributed by atoms with van der Waals surface area (Å²) in [7, 11) is 0.